The van der Waals surface area contributed by atoms with Gasteiger partial charge in [-0.3, -0.25) is 13.8 Å². The molecule has 21 heavy (non-hydrogen) atoms. The second-order valence-corrected chi connectivity index (χ2v) is 5.36. The number of carbonyl (C=O) groups excluding carboxylic acids is 1. The van der Waals surface area contributed by atoms with Crippen molar-refractivity contribution in [2.24, 2.45) is 0 Å². The predicted molar refractivity (Wildman–Crippen MR) is 73.9 cm³/mol. The number of phosphoric acid groups is 1. The van der Waals surface area contributed by atoms with Crippen LogP contribution in [0.2, 0.25) is 0 Å². The van der Waals surface area contributed by atoms with Gasteiger partial charge in [-0.05, 0) is 0 Å². The van der Waals surface area contributed by atoms with Crippen LogP contribution in [0.1, 0.15) is 6.92 Å². The molecular weight excluding hydrogens is 305 g/mol. The van der Waals surface area contributed by atoms with E-state index >= 15 is 0 Å². The fourth-order valence-corrected chi connectivity index (χ4v) is 1.52. The van der Waals surface area contributed by atoms with E-state index in [1.54, 1.807) is 0 Å². The molecule has 0 aromatic heterocycles. The number of rotatable bonds is 14. The van der Waals surface area contributed by atoms with Gasteiger partial charge in [0.05, 0.1) is 46.2 Å². The van der Waals surface area contributed by atoms with Gasteiger partial charge in [0.15, 0.2) is 0 Å². The van der Waals surface area contributed by atoms with Gasteiger partial charge in [0.2, 0.25) is 5.91 Å². The van der Waals surface area contributed by atoms with Gasteiger partial charge in [0.1, 0.15) is 0 Å². The highest BCUT2D eigenvalue weighted by atomic mass is 31.2. The summed E-state index contributed by atoms with van der Waals surface area (Å²) < 4.78 is 35.2. The number of carbonyl (C=O) groups is 1. The fourth-order valence-electron chi connectivity index (χ4n) is 1.11. The number of hydrogen-bond acceptors (Lipinski definition) is 7. The fraction of sp³-hybridized carbons (Fsp3) is 0.909. The minimum absolute atomic E-state index is 0.0339. The zero-order valence-corrected chi connectivity index (χ0v) is 13.3. The summed E-state index contributed by atoms with van der Waals surface area (Å²) in [4.78, 5) is 19.5. The molecule has 10 heteroatoms. The molecule has 0 aliphatic rings. The van der Waals surface area contributed by atoms with Crippen molar-refractivity contribution < 1.29 is 37.5 Å². The monoisotopic (exact) mass is 329 g/mol. The van der Waals surface area contributed by atoms with Crippen LogP contribution >= 0.6 is 7.82 Å². The van der Waals surface area contributed by atoms with Crippen molar-refractivity contribution in [1.82, 2.24) is 5.32 Å². The molecule has 0 aromatic carbocycles. The van der Waals surface area contributed by atoms with E-state index in [9.17, 15) is 9.36 Å². The third-order valence-corrected chi connectivity index (χ3v) is 3.05. The lowest BCUT2D eigenvalue weighted by atomic mass is 10.6. The highest BCUT2D eigenvalue weighted by Gasteiger charge is 2.17. The Balaban J connectivity index is 3.13. The quantitative estimate of drug-likeness (QED) is 0.336. The third-order valence-electron chi connectivity index (χ3n) is 2.08. The standard InChI is InChI=1S/C11H24NO8P/c1-11(13)12-3-4-17-5-6-18-7-8-19-9-10-20-21(14,15)16-2/h3-10H2,1-2H3,(H,12,13)(H,14,15). The number of hydrogen-bond donors (Lipinski definition) is 2. The van der Waals surface area contributed by atoms with Crippen LogP contribution in [0.3, 0.4) is 0 Å². The van der Waals surface area contributed by atoms with Gasteiger partial charge in [0.25, 0.3) is 0 Å². The van der Waals surface area contributed by atoms with Gasteiger partial charge in [-0.1, -0.05) is 0 Å². The molecule has 0 saturated carbocycles. The maximum atomic E-state index is 10.9. The molecule has 0 radical (unpaired) electrons. The largest absolute Gasteiger partial charge is 0.471 e. The summed E-state index contributed by atoms with van der Waals surface area (Å²) in [6.45, 7) is 4.10. The molecule has 2 N–H and O–H groups in total. The molecular formula is C11H24NO8P. The van der Waals surface area contributed by atoms with Crippen molar-refractivity contribution >= 4 is 13.7 Å². The van der Waals surface area contributed by atoms with Crippen molar-refractivity contribution in [3.8, 4) is 0 Å². The van der Waals surface area contributed by atoms with Crippen molar-refractivity contribution in [3.63, 3.8) is 0 Å². The Kier molecular flexibility index (Phi) is 12.8. The zero-order valence-electron chi connectivity index (χ0n) is 12.4. The predicted octanol–water partition coefficient (Wildman–Crippen LogP) is -0.0643. The first kappa shape index (κ1) is 20.5. The first-order chi connectivity index (χ1) is 9.98. The van der Waals surface area contributed by atoms with Gasteiger partial charge in [-0.2, -0.15) is 0 Å². The van der Waals surface area contributed by atoms with Gasteiger partial charge in [0, 0.05) is 20.6 Å². The van der Waals surface area contributed by atoms with E-state index in [1.807, 2.05) is 0 Å². The van der Waals surface area contributed by atoms with Crippen LogP contribution in [-0.4, -0.2) is 70.7 Å². The van der Waals surface area contributed by atoms with E-state index in [-0.39, 0.29) is 19.1 Å². The summed E-state index contributed by atoms with van der Waals surface area (Å²) in [5.41, 5.74) is 0. The second-order valence-electron chi connectivity index (χ2n) is 3.80. The molecule has 1 unspecified atom stereocenters. The van der Waals surface area contributed by atoms with E-state index in [4.69, 9.17) is 19.1 Å². The Morgan fingerprint density at radius 3 is 1.95 bits per heavy atom. The minimum atomic E-state index is -3.91. The lowest BCUT2D eigenvalue weighted by molar-refractivity contribution is -0.119. The molecule has 0 saturated heterocycles. The van der Waals surface area contributed by atoms with Gasteiger partial charge >= 0.3 is 7.82 Å². The summed E-state index contributed by atoms with van der Waals surface area (Å²) in [5, 5.41) is 2.61. The molecule has 0 rings (SSSR count). The van der Waals surface area contributed by atoms with Gasteiger partial charge in [-0.25, -0.2) is 4.57 Å². The van der Waals surface area contributed by atoms with Crippen LogP contribution in [0.15, 0.2) is 0 Å². The number of nitrogens with one attached hydrogen (secondary N) is 1. The Labute approximate surface area is 124 Å². The lowest BCUT2D eigenvalue weighted by Crippen LogP contribution is -2.25. The summed E-state index contributed by atoms with van der Waals surface area (Å²) >= 11 is 0. The van der Waals surface area contributed by atoms with Crippen LogP contribution in [0.4, 0.5) is 0 Å². The Morgan fingerprint density at radius 2 is 1.48 bits per heavy atom. The normalized spacial score (nSPS) is 13.9. The highest BCUT2D eigenvalue weighted by molar-refractivity contribution is 7.47. The van der Waals surface area contributed by atoms with Crippen molar-refractivity contribution in [3.05, 3.63) is 0 Å². The first-order valence-corrected chi connectivity index (χ1v) is 7.98. The zero-order chi connectivity index (χ0) is 16.0. The molecule has 126 valence electrons. The molecule has 0 aliphatic carbocycles. The van der Waals surface area contributed by atoms with Crippen molar-refractivity contribution in [2.75, 3.05) is 59.9 Å². The molecule has 0 aliphatic heterocycles. The van der Waals surface area contributed by atoms with E-state index in [0.717, 1.165) is 7.11 Å². The van der Waals surface area contributed by atoms with Crippen LogP contribution in [0, 0.1) is 0 Å². The lowest BCUT2D eigenvalue weighted by Gasteiger charge is -2.09. The number of phosphoric ester groups is 1. The molecule has 0 aromatic rings. The van der Waals surface area contributed by atoms with Crippen molar-refractivity contribution in [1.29, 1.82) is 0 Å². The topological polar surface area (TPSA) is 113 Å². The van der Waals surface area contributed by atoms with E-state index in [0.29, 0.717) is 39.6 Å². The number of amides is 1. The SMILES string of the molecule is COP(=O)(O)OCCOCCOCCOCCNC(C)=O. The van der Waals surface area contributed by atoms with Crippen LogP contribution in [-0.2, 0) is 32.6 Å². The maximum absolute atomic E-state index is 10.9. The average Bonchev–Trinajstić information content (AvgIpc) is 2.43. The summed E-state index contributed by atoms with van der Waals surface area (Å²) in [7, 11) is -2.82. The molecule has 0 spiro atoms. The minimum Gasteiger partial charge on any atom is -0.377 e. The Morgan fingerprint density at radius 1 is 1.00 bits per heavy atom. The summed E-state index contributed by atoms with van der Waals surface area (Å²) in [6.07, 6.45) is 0. The van der Waals surface area contributed by atoms with Crippen LogP contribution in [0.5, 0.6) is 0 Å². The van der Waals surface area contributed by atoms with Crippen molar-refractivity contribution in [2.45, 2.75) is 6.92 Å². The maximum Gasteiger partial charge on any atom is 0.471 e. The van der Waals surface area contributed by atoms with Gasteiger partial charge in [-0.15, -0.1) is 0 Å². The Hall–Kier alpha value is -0.540. The first-order valence-electron chi connectivity index (χ1n) is 6.48. The van der Waals surface area contributed by atoms with Crippen LogP contribution in [0.25, 0.3) is 0 Å². The average molecular weight is 329 g/mol. The summed E-state index contributed by atoms with van der Waals surface area (Å²) in [5.74, 6) is -0.0842. The summed E-state index contributed by atoms with van der Waals surface area (Å²) in [6, 6.07) is 0. The van der Waals surface area contributed by atoms with Gasteiger partial charge < -0.3 is 24.4 Å². The second kappa shape index (κ2) is 13.1. The molecule has 0 heterocycles. The molecule has 1 atom stereocenters. The molecule has 0 bridgehead atoms. The molecule has 0 fully saturated rings. The number of ether oxygens (including phenoxy) is 3. The Bertz CT molecular complexity index is 315. The molecule has 1 amide bonds. The van der Waals surface area contributed by atoms with Crippen LogP contribution < -0.4 is 5.32 Å². The van der Waals surface area contributed by atoms with E-state index < -0.39 is 7.82 Å². The molecule has 9 nitrogen and oxygen atoms in total. The smallest absolute Gasteiger partial charge is 0.377 e. The van der Waals surface area contributed by atoms with E-state index in [2.05, 4.69) is 14.4 Å². The third kappa shape index (κ3) is 15.7. The van der Waals surface area contributed by atoms with E-state index in [1.165, 1.54) is 6.92 Å². The highest BCUT2D eigenvalue weighted by Crippen LogP contribution is 2.41.